The molecular formula is C45H53ClN8O4S2. The van der Waals surface area contributed by atoms with Crippen molar-refractivity contribution >= 4 is 72.7 Å². The number of anilines is 3. The minimum atomic E-state index is -4.26. The number of nitrogens with one attached hydrogen (secondary N) is 2. The van der Waals surface area contributed by atoms with Crippen LogP contribution in [0.25, 0.3) is 16.5 Å². The number of hydrogen-bond donors (Lipinski definition) is 2. The van der Waals surface area contributed by atoms with Crippen LogP contribution in [0.4, 0.5) is 22.9 Å². The molecule has 0 amide bonds. The summed E-state index contributed by atoms with van der Waals surface area (Å²) in [5, 5.41) is 17.0. The van der Waals surface area contributed by atoms with Crippen LogP contribution in [0.5, 0.6) is 0 Å². The zero-order valence-electron chi connectivity index (χ0n) is 34.2. The number of nitrogens with zero attached hydrogens (tertiary/aromatic N) is 6. The third kappa shape index (κ3) is 11.3. The van der Waals surface area contributed by atoms with Gasteiger partial charge in [-0.1, -0.05) is 60.3 Å². The standard InChI is InChI=1S/C45H53ClN8O4S2/c1-51(2)23-22-36(31-59-38-11-7-5-8-12-38)49-42-21-19-39(29-44(42)54(55)56)60(57,58)50-45-41-20-18-37(28-43(41)47-32-48-45)53-26-24-52(25-27-53)30-34-10-6-3-4-9-13-40(34)33-14-16-35(46)17-15-33/h5,7-8,11-12,14-21,28-29,32,36,49H,3-4,6,9-10,13,22-27,30-31H2,1-2H3,(H,47,48,50). The summed E-state index contributed by atoms with van der Waals surface area (Å²) in [5.41, 5.74) is 5.85. The number of thioether (sulfide) groups is 1. The summed E-state index contributed by atoms with van der Waals surface area (Å²) in [4.78, 5) is 28.4. The molecule has 4 aromatic carbocycles. The van der Waals surface area contributed by atoms with E-state index in [2.05, 4.69) is 46.8 Å². The molecule has 12 nitrogen and oxygen atoms in total. The Labute approximate surface area is 362 Å². The third-order valence-corrected chi connectivity index (χ3v) is 14.0. The molecule has 7 rings (SSSR count). The van der Waals surface area contributed by atoms with E-state index in [1.54, 1.807) is 17.3 Å². The molecule has 5 aromatic rings. The second-order valence-electron chi connectivity index (χ2n) is 15.8. The topological polar surface area (TPSA) is 137 Å². The molecular weight excluding hydrogens is 816 g/mol. The predicted molar refractivity (Wildman–Crippen MR) is 246 cm³/mol. The molecule has 2 aliphatic rings. The van der Waals surface area contributed by atoms with Crippen molar-refractivity contribution in [2.75, 3.05) is 74.1 Å². The molecule has 15 heteroatoms. The molecule has 1 atom stereocenters. The average molecular weight is 870 g/mol. The summed E-state index contributed by atoms with van der Waals surface area (Å²) in [6, 6.07) is 27.9. The van der Waals surface area contributed by atoms with Crippen LogP contribution in [0, 0.1) is 10.1 Å². The summed E-state index contributed by atoms with van der Waals surface area (Å²) in [6.07, 6.45) is 9.28. The van der Waals surface area contributed by atoms with Gasteiger partial charge in [-0.05, 0) is 118 Å². The molecule has 2 heterocycles. The fourth-order valence-electron chi connectivity index (χ4n) is 7.94. The van der Waals surface area contributed by atoms with E-state index in [1.165, 1.54) is 55.3 Å². The maximum absolute atomic E-state index is 13.8. The normalized spacial score (nSPS) is 16.1. The Bertz CT molecular complexity index is 2390. The monoisotopic (exact) mass is 868 g/mol. The SMILES string of the molecule is CN(C)CCC(CSc1ccccc1)Nc1ccc(S(=O)(=O)Nc2ncnc3cc(N4CCN(CC5=C(c6ccc(Cl)cc6)CCCCCC5)CC4)ccc23)cc1[N+](=O)[O-]. The van der Waals surface area contributed by atoms with Crippen molar-refractivity contribution < 1.29 is 13.3 Å². The average Bonchev–Trinajstić information content (AvgIpc) is 3.23. The smallest absolute Gasteiger partial charge is 0.293 e. The lowest BCUT2D eigenvalue weighted by Gasteiger charge is -2.37. The quantitative estimate of drug-likeness (QED) is 0.0558. The van der Waals surface area contributed by atoms with E-state index < -0.39 is 14.9 Å². The number of benzene rings is 4. The first kappa shape index (κ1) is 43.4. The second kappa shape index (κ2) is 20.2. The minimum absolute atomic E-state index is 0.104. The van der Waals surface area contributed by atoms with Crippen LogP contribution >= 0.6 is 23.4 Å². The molecule has 1 unspecified atom stereocenters. The zero-order chi connectivity index (χ0) is 42.1. The molecule has 0 spiro atoms. The number of aromatic nitrogens is 2. The van der Waals surface area contributed by atoms with Gasteiger partial charge in [-0.2, -0.15) is 0 Å². The molecule has 1 saturated heterocycles. The van der Waals surface area contributed by atoms with E-state index in [0.717, 1.165) is 80.2 Å². The molecule has 0 radical (unpaired) electrons. The number of nitro benzene ring substituents is 1. The van der Waals surface area contributed by atoms with Gasteiger partial charge in [-0.25, -0.2) is 18.4 Å². The van der Waals surface area contributed by atoms with Crippen molar-refractivity contribution in [3.8, 4) is 0 Å². The summed E-state index contributed by atoms with van der Waals surface area (Å²) in [7, 11) is -0.297. The van der Waals surface area contributed by atoms with Crippen LogP contribution in [0.1, 0.15) is 50.5 Å². The molecule has 60 heavy (non-hydrogen) atoms. The zero-order valence-corrected chi connectivity index (χ0v) is 36.6. The Balaban J connectivity index is 1.02. The van der Waals surface area contributed by atoms with E-state index in [9.17, 15) is 18.5 Å². The van der Waals surface area contributed by atoms with E-state index in [0.29, 0.717) is 16.7 Å². The van der Waals surface area contributed by atoms with E-state index in [-0.39, 0.29) is 28.1 Å². The van der Waals surface area contributed by atoms with E-state index in [1.807, 2.05) is 74.8 Å². The molecule has 0 bridgehead atoms. The van der Waals surface area contributed by atoms with Gasteiger partial charge >= 0.3 is 0 Å². The fourth-order valence-corrected chi connectivity index (χ4v) is 10.1. The summed E-state index contributed by atoms with van der Waals surface area (Å²) in [5.74, 6) is 0.771. The first-order valence-corrected chi connectivity index (χ1v) is 23.5. The van der Waals surface area contributed by atoms with Gasteiger partial charge in [-0.3, -0.25) is 19.7 Å². The van der Waals surface area contributed by atoms with Crippen molar-refractivity contribution in [2.45, 2.75) is 60.8 Å². The van der Waals surface area contributed by atoms with Crippen molar-refractivity contribution in [1.29, 1.82) is 0 Å². The second-order valence-corrected chi connectivity index (χ2v) is 19.0. The molecule has 1 aliphatic heterocycles. The number of hydrogen-bond acceptors (Lipinski definition) is 11. The Hall–Kier alpha value is -4.73. The van der Waals surface area contributed by atoms with Gasteiger partial charge in [0.15, 0.2) is 5.82 Å². The van der Waals surface area contributed by atoms with E-state index >= 15 is 0 Å². The van der Waals surface area contributed by atoms with Crippen molar-refractivity contribution in [3.63, 3.8) is 0 Å². The third-order valence-electron chi connectivity index (χ3n) is 11.2. The van der Waals surface area contributed by atoms with Crippen LogP contribution < -0.4 is 14.9 Å². The van der Waals surface area contributed by atoms with Gasteiger partial charge in [-0.15, -0.1) is 11.8 Å². The number of fused-ring (bicyclic) bond motifs is 1. The highest BCUT2D eigenvalue weighted by molar-refractivity contribution is 7.99. The molecule has 1 aliphatic carbocycles. The van der Waals surface area contributed by atoms with Crippen LogP contribution in [0.15, 0.2) is 113 Å². The summed E-state index contributed by atoms with van der Waals surface area (Å²) < 4.78 is 30.2. The highest BCUT2D eigenvalue weighted by Crippen LogP contribution is 2.34. The molecule has 316 valence electrons. The van der Waals surface area contributed by atoms with Gasteiger partial charge in [0.05, 0.1) is 15.3 Å². The maximum Gasteiger partial charge on any atom is 0.293 e. The number of piperazine rings is 1. The fraction of sp³-hybridized carbons (Fsp3) is 0.378. The number of rotatable bonds is 16. The van der Waals surface area contributed by atoms with Crippen LogP contribution in [-0.2, 0) is 10.0 Å². The van der Waals surface area contributed by atoms with Crippen LogP contribution in [-0.4, -0.2) is 98.3 Å². The van der Waals surface area contributed by atoms with Crippen LogP contribution in [0.3, 0.4) is 0 Å². The van der Waals surface area contributed by atoms with E-state index in [4.69, 9.17) is 11.6 Å². The number of nitro groups is 1. The molecule has 0 saturated carbocycles. The first-order chi connectivity index (χ1) is 29.0. The Morgan fingerprint density at radius 3 is 2.38 bits per heavy atom. The molecule has 2 N–H and O–H groups in total. The Kier molecular flexibility index (Phi) is 14.6. The van der Waals surface area contributed by atoms with Gasteiger partial charge < -0.3 is 15.1 Å². The van der Waals surface area contributed by atoms with Crippen molar-refractivity contribution in [1.82, 2.24) is 19.8 Å². The van der Waals surface area contributed by atoms with Crippen molar-refractivity contribution in [2.24, 2.45) is 0 Å². The largest absolute Gasteiger partial charge is 0.376 e. The highest BCUT2D eigenvalue weighted by Gasteiger charge is 2.26. The Morgan fingerprint density at radius 1 is 0.900 bits per heavy atom. The Morgan fingerprint density at radius 2 is 1.65 bits per heavy atom. The molecule has 1 aromatic heterocycles. The van der Waals surface area contributed by atoms with Gasteiger partial charge in [0.1, 0.15) is 12.0 Å². The van der Waals surface area contributed by atoms with Gasteiger partial charge in [0, 0.05) is 71.6 Å². The van der Waals surface area contributed by atoms with Gasteiger partial charge in [0.25, 0.3) is 15.7 Å². The number of allylic oxidation sites excluding steroid dienone is 1. The lowest BCUT2D eigenvalue weighted by molar-refractivity contribution is -0.384. The lowest BCUT2D eigenvalue weighted by atomic mass is 9.88. The predicted octanol–water partition coefficient (Wildman–Crippen LogP) is 9.45. The number of sulfonamides is 1. The highest BCUT2D eigenvalue weighted by atomic mass is 35.5. The molecule has 1 fully saturated rings. The number of halogens is 1. The maximum atomic E-state index is 13.8. The first-order valence-electron chi connectivity index (χ1n) is 20.6. The summed E-state index contributed by atoms with van der Waals surface area (Å²) in [6.45, 7) is 5.29. The van der Waals surface area contributed by atoms with Gasteiger partial charge in [0.2, 0.25) is 0 Å². The van der Waals surface area contributed by atoms with Crippen molar-refractivity contribution in [3.05, 3.63) is 124 Å². The van der Waals surface area contributed by atoms with Crippen LogP contribution in [0.2, 0.25) is 5.02 Å². The lowest BCUT2D eigenvalue weighted by Crippen LogP contribution is -2.47. The summed E-state index contributed by atoms with van der Waals surface area (Å²) >= 11 is 7.89. The minimum Gasteiger partial charge on any atom is -0.376 e.